The molecule has 0 unspecified atom stereocenters. The number of hydrogen-bond donors (Lipinski definition) is 0. The van der Waals surface area contributed by atoms with Crippen LogP contribution < -0.4 is 9.47 Å². The fourth-order valence-corrected chi connectivity index (χ4v) is 8.34. The number of methoxy groups -OCH3 is 1. The van der Waals surface area contributed by atoms with Gasteiger partial charge in [-0.1, -0.05) is 24.3 Å². The van der Waals surface area contributed by atoms with E-state index in [1.54, 1.807) is 31.4 Å². The topological polar surface area (TPSA) is 85.4 Å². The lowest BCUT2D eigenvalue weighted by Gasteiger charge is -2.63. The number of nitrogens with zero attached hydrogens (tertiary/aromatic N) is 2. The number of rotatable bonds is 5. The number of esters is 1. The van der Waals surface area contributed by atoms with Crippen molar-refractivity contribution in [2.45, 2.75) is 82.1 Å². The van der Waals surface area contributed by atoms with Crippen LogP contribution >= 0.6 is 0 Å². The van der Waals surface area contributed by atoms with Crippen LogP contribution in [0.5, 0.6) is 11.5 Å². The Morgan fingerprint density at radius 3 is 2.40 bits per heavy atom. The van der Waals surface area contributed by atoms with E-state index in [-0.39, 0.29) is 23.8 Å². The highest BCUT2D eigenvalue weighted by Gasteiger charge is 2.75. The number of fused-ring (bicyclic) bond motifs is 1. The number of carbonyl (C=O) groups is 3. The Hall–Kier alpha value is -3.81. The fraction of sp³-hybridized carbons (Fsp3) is 0.500. The van der Waals surface area contributed by atoms with Gasteiger partial charge >= 0.3 is 5.97 Å². The van der Waals surface area contributed by atoms with Crippen molar-refractivity contribution >= 4 is 17.8 Å². The van der Waals surface area contributed by atoms with Crippen LogP contribution in [0.2, 0.25) is 0 Å². The molecule has 8 rings (SSSR count). The van der Waals surface area contributed by atoms with Crippen molar-refractivity contribution in [3.8, 4) is 11.5 Å². The molecule has 3 aliphatic heterocycles. The third-order valence-electron chi connectivity index (χ3n) is 10.5. The highest BCUT2D eigenvalue weighted by atomic mass is 16.6. The first-order chi connectivity index (χ1) is 20.1. The average molecular weight is 569 g/mol. The third kappa shape index (κ3) is 3.15. The smallest absolute Gasteiger partial charge is 0.311 e. The molecule has 0 saturated heterocycles. The summed E-state index contributed by atoms with van der Waals surface area (Å²) in [6.45, 7) is 6.57. The van der Waals surface area contributed by atoms with Crippen molar-refractivity contribution in [2.24, 2.45) is 11.3 Å². The minimum atomic E-state index is -0.939. The predicted octanol–water partition coefficient (Wildman–Crippen LogP) is 4.64. The molecule has 6 aliphatic rings. The van der Waals surface area contributed by atoms with E-state index in [4.69, 9.17) is 14.2 Å². The number of amides is 2. The van der Waals surface area contributed by atoms with Gasteiger partial charge in [0.2, 0.25) is 0 Å². The van der Waals surface area contributed by atoms with Crippen LogP contribution in [-0.2, 0) is 21.4 Å². The first kappa shape index (κ1) is 25.9. The van der Waals surface area contributed by atoms with Crippen LogP contribution in [-0.4, -0.2) is 65.0 Å². The largest absolute Gasteiger partial charge is 0.493 e. The van der Waals surface area contributed by atoms with Gasteiger partial charge in [0.1, 0.15) is 11.7 Å². The Bertz CT molecular complexity index is 1550. The minimum absolute atomic E-state index is 0.101. The van der Waals surface area contributed by atoms with E-state index in [0.29, 0.717) is 47.8 Å². The quantitative estimate of drug-likeness (QED) is 0.384. The molecule has 0 radical (unpaired) electrons. The van der Waals surface area contributed by atoms with Crippen molar-refractivity contribution in [3.63, 3.8) is 0 Å². The van der Waals surface area contributed by atoms with Gasteiger partial charge in [-0.25, -0.2) is 0 Å². The number of carbonyl (C=O) groups excluding carboxylic acids is 3. The predicted molar refractivity (Wildman–Crippen MR) is 153 cm³/mol. The van der Waals surface area contributed by atoms with Crippen LogP contribution in [0.25, 0.3) is 0 Å². The standard InChI is InChI=1S/C34H36N2O6/c1-32(2,3)31(39)42-34-14-13-23(36-29(37)21-7-5-6-8-22(21)30(36)38)28-33(34)15-16-35(18-19-9-10-19)25(34)17-20-11-12-24(40-4)27(41-28)26(20)33/h5-8,11-12,15-16,19,23,25,28H,9-10,13-14,17-18H2,1-4H3/t23-,25-,28+,33+,34-/m1/s1. The molecular weight excluding hydrogens is 532 g/mol. The van der Waals surface area contributed by atoms with Crippen LogP contribution in [0.1, 0.15) is 78.3 Å². The van der Waals surface area contributed by atoms with E-state index in [9.17, 15) is 14.4 Å². The second kappa shape index (κ2) is 8.39. The summed E-state index contributed by atoms with van der Waals surface area (Å²) in [4.78, 5) is 45.3. The maximum absolute atomic E-state index is 13.9. The molecule has 5 atom stereocenters. The number of benzene rings is 2. The molecular formula is C34H36N2O6. The van der Waals surface area contributed by atoms with Gasteiger partial charge in [-0.3, -0.25) is 19.3 Å². The summed E-state index contributed by atoms with van der Waals surface area (Å²) in [7, 11) is 1.62. The Kier molecular flexibility index (Phi) is 5.17. The first-order valence-electron chi connectivity index (χ1n) is 15.1. The van der Waals surface area contributed by atoms with E-state index in [2.05, 4.69) is 23.2 Å². The summed E-state index contributed by atoms with van der Waals surface area (Å²) in [6.07, 6.45) is 7.78. The van der Waals surface area contributed by atoms with E-state index >= 15 is 0 Å². The monoisotopic (exact) mass is 568 g/mol. The highest BCUT2D eigenvalue weighted by Crippen LogP contribution is 2.67. The van der Waals surface area contributed by atoms with E-state index < -0.39 is 28.6 Å². The van der Waals surface area contributed by atoms with Crippen molar-refractivity contribution in [1.82, 2.24) is 9.80 Å². The normalized spacial score (nSPS) is 32.0. The molecule has 0 aromatic heterocycles. The zero-order valence-corrected chi connectivity index (χ0v) is 24.5. The van der Waals surface area contributed by atoms with E-state index in [1.807, 2.05) is 26.8 Å². The Morgan fingerprint density at radius 1 is 1.05 bits per heavy atom. The second-order valence-corrected chi connectivity index (χ2v) is 13.9. The Labute approximate surface area is 245 Å². The third-order valence-corrected chi connectivity index (χ3v) is 10.5. The molecule has 42 heavy (non-hydrogen) atoms. The van der Waals surface area contributed by atoms with Gasteiger partial charge < -0.3 is 19.1 Å². The highest BCUT2D eigenvalue weighted by molar-refractivity contribution is 6.21. The van der Waals surface area contributed by atoms with E-state index in [1.165, 1.54) is 17.7 Å². The van der Waals surface area contributed by atoms with Gasteiger partial charge in [-0.05, 0) is 88.8 Å². The summed E-state index contributed by atoms with van der Waals surface area (Å²) in [5.41, 5.74) is 0.389. The molecule has 218 valence electrons. The molecule has 2 saturated carbocycles. The van der Waals surface area contributed by atoms with Crippen LogP contribution in [0.15, 0.2) is 48.7 Å². The SMILES string of the molecule is COc1ccc2c3c1O[C@H]1[C@H](N4C(=O)c5ccccc5C4=O)CC[C@@]4(OC(=O)C(C)(C)C)[C@@H](C2)N(CC2CC2)C=C[C@]314. The molecule has 2 fully saturated rings. The van der Waals surface area contributed by atoms with Gasteiger partial charge in [0.05, 0.1) is 41.2 Å². The summed E-state index contributed by atoms with van der Waals surface area (Å²) in [5, 5.41) is 0. The molecule has 0 N–H and O–H groups in total. The molecule has 3 aliphatic carbocycles. The molecule has 2 aromatic rings. The number of ether oxygens (including phenoxy) is 3. The van der Waals surface area contributed by atoms with Gasteiger partial charge in [-0.15, -0.1) is 0 Å². The lowest BCUT2D eigenvalue weighted by molar-refractivity contribution is -0.208. The lowest BCUT2D eigenvalue weighted by Crippen LogP contribution is -2.77. The van der Waals surface area contributed by atoms with Gasteiger partial charge in [0, 0.05) is 12.1 Å². The van der Waals surface area contributed by atoms with Crippen LogP contribution in [0.4, 0.5) is 0 Å². The second-order valence-electron chi connectivity index (χ2n) is 13.9. The summed E-state index contributed by atoms with van der Waals surface area (Å²) < 4.78 is 19.6. The molecule has 8 heteroatoms. The summed E-state index contributed by atoms with van der Waals surface area (Å²) >= 11 is 0. The van der Waals surface area contributed by atoms with Gasteiger partial charge in [0.25, 0.3) is 11.8 Å². The van der Waals surface area contributed by atoms with Crippen molar-refractivity contribution < 1.29 is 28.6 Å². The van der Waals surface area contributed by atoms with Crippen molar-refractivity contribution in [3.05, 3.63) is 70.9 Å². The molecule has 2 aromatic carbocycles. The van der Waals surface area contributed by atoms with Gasteiger partial charge in [-0.2, -0.15) is 0 Å². The van der Waals surface area contributed by atoms with Crippen LogP contribution in [0, 0.1) is 11.3 Å². The first-order valence-corrected chi connectivity index (χ1v) is 15.1. The van der Waals surface area contributed by atoms with Crippen molar-refractivity contribution in [1.29, 1.82) is 0 Å². The Balaban J connectivity index is 1.34. The maximum atomic E-state index is 13.9. The van der Waals surface area contributed by atoms with E-state index in [0.717, 1.165) is 17.7 Å². The zero-order valence-electron chi connectivity index (χ0n) is 24.5. The fourth-order valence-electron chi connectivity index (χ4n) is 8.34. The van der Waals surface area contributed by atoms with Crippen LogP contribution in [0.3, 0.4) is 0 Å². The summed E-state index contributed by atoms with van der Waals surface area (Å²) in [5.74, 6) is 1.000. The van der Waals surface area contributed by atoms with Gasteiger partial charge in [0.15, 0.2) is 11.5 Å². The molecule has 8 nitrogen and oxygen atoms in total. The molecule has 2 bridgehead atoms. The average Bonchev–Trinajstić information content (AvgIpc) is 3.66. The zero-order chi connectivity index (χ0) is 29.2. The molecule has 2 amide bonds. The summed E-state index contributed by atoms with van der Waals surface area (Å²) in [6, 6.07) is 10.4. The molecule has 1 spiro atoms. The Morgan fingerprint density at radius 2 is 1.76 bits per heavy atom. The minimum Gasteiger partial charge on any atom is -0.493 e. The molecule has 3 heterocycles. The maximum Gasteiger partial charge on any atom is 0.311 e. The van der Waals surface area contributed by atoms with Crippen molar-refractivity contribution in [2.75, 3.05) is 13.7 Å². The lowest BCUT2D eigenvalue weighted by atomic mass is 9.49. The number of imide groups is 1. The number of hydrogen-bond acceptors (Lipinski definition) is 7.